The maximum absolute atomic E-state index is 13.6. The number of hydrogen-bond donors (Lipinski definition) is 0. The number of nitro groups is 1. The predicted molar refractivity (Wildman–Crippen MR) is 117 cm³/mol. The van der Waals surface area contributed by atoms with E-state index in [0.717, 1.165) is 5.56 Å². The Hall–Kier alpha value is -3.94. The molecule has 8 heteroatoms. The summed E-state index contributed by atoms with van der Waals surface area (Å²) in [7, 11) is 0. The maximum Gasteiger partial charge on any atom is 0.348 e. The van der Waals surface area contributed by atoms with Crippen molar-refractivity contribution in [1.82, 2.24) is 4.57 Å². The van der Waals surface area contributed by atoms with Crippen LogP contribution in [0, 0.1) is 17.0 Å². The van der Waals surface area contributed by atoms with Crippen LogP contribution in [0.5, 0.6) is 5.75 Å². The number of hydrogen-bond acceptors (Lipinski definition) is 6. The van der Waals surface area contributed by atoms with E-state index in [-0.39, 0.29) is 17.9 Å². The molecule has 8 nitrogen and oxygen atoms in total. The van der Waals surface area contributed by atoms with Gasteiger partial charge in [0, 0.05) is 23.9 Å². The Labute approximate surface area is 184 Å². The van der Waals surface area contributed by atoms with Crippen molar-refractivity contribution in [3.8, 4) is 5.75 Å². The minimum atomic E-state index is -1.05. The Bertz CT molecular complexity index is 1220. The molecule has 0 bridgehead atoms. The second-order valence-electron chi connectivity index (χ2n) is 7.56. The average Bonchev–Trinajstić information content (AvgIpc) is 3.17. The lowest BCUT2D eigenvalue weighted by Crippen LogP contribution is -2.33. The lowest BCUT2D eigenvalue weighted by molar-refractivity contribution is -0.384. The second kappa shape index (κ2) is 8.66. The Morgan fingerprint density at radius 2 is 1.84 bits per heavy atom. The minimum absolute atomic E-state index is 0.0778. The summed E-state index contributed by atoms with van der Waals surface area (Å²) in [6, 6.07) is 17.1. The van der Waals surface area contributed by atoms with E-state index in [1.165, 1.54) is 12.1 Å². The quantitative estimate of drug-likeness (QED) is 0.334. The summed E-state index contributed by atoms with van der Waals surface area (Å²) in [6.07, 6.45) is -1.05. The Morgan fingerprint density at radius 1 is 1.16 bits per heavy atom. The van der Waals surface area contributed by atoms with Gasteiger partial charge < -0.3 is 14.0 Å². The van der Waals surface area contributed by atoms with Crippen LogP contribution in [0.4, 0.5) is 5.69 Å². The van der Waals surface area contributed by atoms with Crippen molar-refractivity contribution in [2.45, 2.75) is 32.4 Å². The van der Waals surface area contributed by atoms with Crippen molar-refractivity contribution in [3.63, 3.8) is 0 Å². The molecule has 3 aromatic rings. The molecular formula is C24H22N2O6. The second-order valence-corrected chi connectivity index (χ2v) is 7.56. The summed E-state index contributed by atoms with van der Waals surface area (Å²) >= 11 is 0. The molecule has 2 heterocycles. The van der Waals surface area contributed by atoms with E-state index in [2.05, 4.69) is 0 Å². The molecule has 1 aliphatic heterocycles. The van der Waals surface area contributed by atoms with E-state index in [9.17, 15) is 19.7 Å². The molecule has 0 N–H and O–H groups in total. The van der Waals surface area contributed by atoms with Gasteiger partial charge in [-0.15, -0.1) is 0 Å². The van der Waals surface area contributed by atoms with Crippen LogP contribution in [-0.4, -0.2) is 28.2 Å². The van der Waals surface area contributed by atoms with Crippen LogP contribution in [0.3, 0.4) is 0 Å². The molecule has 0 aliphatic carbocycles. The number of pyridine rings is 1. The number of aromatic nitrogens is 1. The molecule has 1 aromatic heterocycles. The van der Waals surface area contributed by atoms with Crippen LogP contribution in [0.25, 0.3) is 0 Å². The van der Waals surface area contributed by atoms with Gasteiger partial charge in [0.25, 0.3) is 11.2 Å². The van der Waals surface area contributed by atoms with Gasteiger partial charge in [-0.2, -0.15) is 0 Å². The summed E-state index contributed by atoms with van der Waals surface area (Å²) < 4.78 is 12.7. The van der Waals surface area contributed by atoms with Gasteiger partial charge in [0.2, 0.25) is 6.10 Å². The highest BCUT2D eigenvalue weighted by Gasteiger charge is 2.44. The number of esters is 1. The fourth-order valence-corrected chi connectivity index (χ4v) is 4.01. The zero-order valence-electron chi connectivity index (χ0n) is 17.7. The molecule has 0 amide bonds. The number of carbonyl (C=O) groups excluding carboxylic acids is 1. The van der Waals surface area contributed by atoms with Gasteiger partial charge in [0.1, 0.15) is 5.75 Å². The van der Waals surface area contributed by atoms with Crippen LogP contribution in [0.2, 0.25) is 0 Å². The van der Waals surface area contributed by atoms with Crippen LogP contribution >= 0.6 is 0 Å². The number of nitrogens with zero attached hydrogens (tertiary/aromatic N) is 2. The molecule has 164 valence electrons. The topological polar surface area (TPSA) is 101 Å². The van der Waals surface area contributed by atoms with Gasteiger partial charge in [0.05, 0.1) is 29.6 Å². The van der Waals surface area contributed by atoms with Gasteiger partial charge in [-0.25, -0.2) is 4.79 Å². The molecule has 2 aromatic carbocycles. The summed E-state index contributed by atoms with van der Waals surface area (Å²) in [5.41, 5.74) is 2.23. The van der Waals surface area contributed by atoms with Gasteiger partial charge in [-0.05, 0) is 25.0 Å². The van der Waals surface area contributed by atoms with Crippen molar-refractivity contribution in [2.24, 2.45) is 0 Å². The molecule has 2 atom stereocenters. The zero-order valence-corrected chi connectivity index (χ0v) is 17.7. The van der Waals surface area contributed by atoms with E-state index >= 15 is 0 Å². The number of rotatable bonds is 6. The molecule has 0 unspecified atom stereocenters. The molecule has 1 aliphatic rings. The number of benzene rings is 2. The van der Waals surface area contributed by atoms with Crippen LogP contribution in [-0.2, 0) is 16.1 Å². The monoisotopic (exact) mass is 434 g/mol. The van der Waals surface area contributed by atoms with E-state index in [4.69, 9.17) is 9.47 Å². The number of fused-ring (bicyclic) bond motifs is 1. The SMILES string of the molecule is CCOC(=O)[C@@H]1Oc2cc(C)n(Cc3ccccc3)c(=O)c2[C@H]1c1ccc([N+](=O)[O-])cc1. The third-order valence-electron chi connectivity index (χ3n) is 5.54. The van der Waals surface area contributed by atoms with Crippen LogP contribution < -0.4 is 10.3 Å². The molecule has 32 heavy (non-hydrogen) atoms. The van der Waals surface area contributed by atoms with E-state index in [0.29, 0.717) is 29.1 Å². The normalized spacial score (nSPS) is 16.8. The Balaban J connectivity index is 1.83. The fraction of sp³-hybridized carbons (Fsp3) is 0.250. The summed E-state index contributed by atoms with van der Waals surface area (Å²) in [6.45, 7) is 4.04. The van der Waals surface area contributed by atoms with Crippen molar-refractivity contribution in [3.05, 3.63) is 104 Å². The highest BCUT2D eigenvalue weighted by molar-refractivity contribution is 5.79. The van der Waals surface area contributed by atoms with Gasteiger partial charge in [-0.1, -0.05) is 42.5 Å². The number of non-ortho nitro benzene ring substituents is 1. The smallest absolute Gasteiger partial charge is 0.348 e. The van der Waals surface area contributed by atoms with Crippen molar-refractivity contribution in [1.29, 1.82) is 0 Å². The highest BCUT2D eigenvalue weighted by Crippen LogP contribution is 2.41. The molecule has 0 spiro atoms. The number of aryl methyl sites for hydroxylation is 1. The summed E-state index contributed by atoms with van der Waals surface area (Å²) in [5.74, 6) is -0.989. The van der Waals surface area contributed by atoms with Crippen molar-refractivity contribution in [2.75, 3.05) is 6.61 Å². The molecule has 0 saturated heterocycles. The van der Waals surface area contributed by atoms with Crippen LogP contribution in [0.1, 0.15) is 35.2 Å². The summed E-state index contributed by atoms with van der Waals surface area (Å²) in [4.78, 5) is 36.8. The molecule has 4 rings (SSSR count). The lowest BCUT2D eigenvalue weighted by atomic mass is 9.88. The number of carbonyl (C=O) groups is 1. The van der Waals surface area contributed by atoms with E-state index < -0.39 is 22.9 Å². The number of ether oxygens (including phenoxy) is 2. The largest absolute Gasteiger partial charge is 0.477 e. The first-order chi connectivity index (χ1) is 15.4. The first-order valence-electron chi connectivity index (χ1n) is 10.3. The molecular weight excluding hydrogens is 412 g/mol. The standard InChI is InChI=1S/C24H22N2O6/c1-3-31-24(28)22-20(17-9-11-18(12-10-17)26(29)30)21-19(32-22)13-15(2)25(23(21)27)14-16-7-5-4-6-8-16/h4-13,20,22H,3,14H2,1-2H3/t20-,22-/m1/s1. The van der Waals surface area contributed by atoms with E-state index in [1.807, 2.05) is 37.3 Å². The zero-order chi connectivity index (χ0) is 22.8. The highest BCUT2D eigenvalue weighted by atomic mass is 16.6. The van der Waals surface area contributed by atoms with Crippen molar-refractivity contribution >= 4 is 11.7 Å². The number of nitro benzene ring substituents is 1. The average molecular weight is 434 g/mol. The van der Waals surface area contributed by atoms with Gasteiger partial charge in [-0.3, -0.25) is 14.9 Å². The predicted octanol–water partition coefficient (Wildman–Crippen LogP) is 3.57. The van der Waals surface area contributed by atoms with Crippen LogP contribution in [0.15, 0.2) is 65.5 Å². The first kappa shape index (κ1) is 21.3. The maximum atomic E-state index is 13.6. The Kier molecular flexibility index (Phi) is 5.77. The Morgan fingerprint density at radius 3 is 2.47 bits per heavy atom. The third kappa shape index (κ3) is 3.87. The molecule has 0 fully saturated rings. The molecule has 0 saturated carbocycles. The summed E-state index contributed by atoms with van der Waals surface area (Å²) in [5, 5.41) is 11.1. The lowest BCUT2D eigenvalue weighted by Gasteiger charge is -2.18. The van der Waals surface area contributed by atoms with Gasteiger partial charge >= 0.3 is 5.97 Å². The molecule has 0 radical (unpaired) electrons. The van der Waals surface area contributed by atoms with E-state index in [1.54, 1.807) is 29.7 Å². The van der Waals surface area contributed by atoms with Gasteiger partial charge in [0.15, 0.2) is 0 Å². The minimum Gasteiger partial charge on any atom is -0.477 e. The van der Waals surface area contributed by atoms with Crippen molar-refractivity contribution < 1.29 is 19.2 Å². The third-order valence-corrected chi connectivity index (χ3v) is 5.54. The first-order valence-corrected chi connectivity index (χ1v) is 10.3. The fourth-order valence-electron chi connectivity index (χ4n) is 4.01.